The number of aromatic nitrogens is 1. The number of carbonyl (C=O) groups excluding carboxylic acids is 1. The molecule has 1 amide bonds. The molecule has 0 aliphatic carbocycles. The third kappa shape index (κ3) is 2.56. The summed E-state index contributed by atoms with van der Waals surface area (Å²) in [7, 11) is 0. The summed E-state index contributed by atoms with van der Waals surface area (Å²) in [5.41, 5.74) is 1.82. The Morgan fingerprint density at radius 2 is 2.11 bits per heavy atom. The molecule has 1 aromatic carbocycles. The van der Waals surface area contributed by atoms with Crippen molar-refractivity contribution in [3.05, 3.63) is 41.0 Å². The molecule has 0 N–H and O–H groups in total. The topological polar surface area (TPSA) is 33.2 Å². The molecule has 98 valence electrons. The maximum absolute atomic E-state index is 11.8. The van der Waals surface area contributed by atoms with Gasteiger partial charge in [0.15, 0.2) is 0 Å². The normalized spacial score (nSPS) is 16.1. The predicted molar refractivity (Wildman–Crippen MR) is 76.0 cm³/mol. The van der Waals surface area contributed by atoms with E-state index in [2.05, 4.69) is 4.98 Å². The second-order valence-corrected chi connectivity index (χ2v) is 5.26. The Bertz CT molecular complexity index is 627. The number of nitrogens with zero attached hydrogens (tertiary/aromatic N) is 2. The van der Waals surface area contributed by atoms with Gasteiger partial charge in [0.1, 0.15) is 5.15 Å². The van der Waals surface area contributed by atoms with Gasteiger partial charge in [-0.05, 0) is 25.0 Å². The molecular formula is C15H15ClN2O. The molecular weight excluding hydrogens is 260 g/mol. The van der Waals surface area contributed by atoms with Crippen LogP contribution in [0.25, 0.3) is 10.9 Å². The van der Waals surface area contributed by atoms with Crippen molar-refractivity contribution in [2.24, 2.45) is 0 Å². The van der Waals surface area contributed by atoms with Gasteiger partial charge in [-0.1, -0.05) is 29.8 Å². The van der Waals surface area contributed by atoms with Crippen molar-refractivity contribution in [1.82, 2.24) is 9.88 Å². The molecule has 1 aliphatic heterocycles. The van der Waals surface area contributed by atoms with E-state index in [1.807, 2.05) is 35.2 Å². The second kappa shape index (κ2) is 5.17. The largest absolute Gasteiger partial charge is 0.338 e. The number of para-hydroxylation sites is 1. The highest BCUT2D eigenvalue weighted by Crippen LogP contribution is 2.23. The number of hydrogen-bond donors (Lipinski definition) is 0. The Labute approximate surface area is 117 Å². The van der Waals surface area contributed by atoms with Crippen LogP contribution in [0, 0.1) is 0 Å². The van der Waals surface area contributed by atoms with Crippen LogP contribution in [-0.4, -0.2) is 22.3 Å². The van der Waals surface area contributed by atoms with Crippen LogP contribution in [0.4, 0.5) is 0 Å². The van der Waals surface area contributed by atoms with Crippen molar-refractivity contribution < 1.29 is 4.79 Å². The van der Waals surface area contributed by atoms with Crippen molar-refractivity contribution >= 4 is 28.4 Å². The van der Waals surface area contributed by atoms with Gasteiger partial charge < -0.3 is 4.90 Å². The summed E-state index contributed by atoms with van der Waals surface area (Å²) in [6.07, 6.45) is 2.72. The van der Waals surface area contributed by atoms with Gasteiger partial charge in [-0.15, -0.1) is 0 Å². The van der Waals surface area contributed by atoms with Crippen molar-refractivity contribution in [2.45, 2.75) is 25.8 Å². The molecule has 1 aromatic heterocycles. The molecule has 3 rings (SSSR count). The predicted octanol–water partition coefficient (Wildman–Crippen LogP) is 3.40. The highest BCUT2D eigenvalue weighted by Gasteiger charge is 2.19. The van der Waals surface area contributed by atoms with Crippen LogP contribution in [0.2, 0.25) is 5.15 Å². The summed E-state index contributed by atoms with van der Waals surface area (Å²) in [5, 5.41) is 1.56. The molecule has 1 fully saturated rings. The molecule has 2 aromatic rings. The zero-order valence-electron chi connectivity index (χ0n) is 10.6. The first kappa shape index (κ1) is 12.4. The van der Waals surface area contributed by atoms with E-state index in [9.17, 15) is 4.79 Å². The lowest BCUT2D eigenvalue weighted by Gasteiger charge is -2.27. The molecule has 0 spiro atoms. The minimum absolute atomic E-state index is 0.218. The minimum atomic E-state index is 0.218. The highest BCUT2D eigenvalue weighted by molar-refractivity contribution is 6.30. The monoisotopic (exact) mass is 274 g/mol. The van der Waals surface area contributed by atoms with Crippen molar-refractivity contribution in [1.29, 1.82) is 0 Å². The van der Waals surface area contributed by atoms with E-state index in [-0.39, 0.29) is 5.91 Å². The lowest BCUT2D eigenvalue weighted by Crippen LogP contribution is -2.34. The average molecular weight is 275 g/mol. The SMILES string of the molecule is O=C1CCCCN1Cc1cc2ccccc2nc1Cl. The summed E-state index contributed by atoms with van der Waals surface area (Å²) in [4.78, 5) is 18.1. The van der Waals surface area contributed by atoms with Gasteiger partial charge in [0, 0.05) is 30.5 Å². The van der Waals surface area contributed by atoms with Crippen LogP contribution < -0.4 is 0 Å². The standard InChI is InChI=1S/C15H15ClN2O/c16-15-12(10-18-8-4-3-7-14(18)19)9-11-5-1-2-6-13(11)17-15/h1-2,5-6,9H,3-4,7-8,10H2. The van der Waals surface area contributed by atoms with Crippen LogP contribution in [-0.2, 0) is 11.3 Å². The zero-order valence-corrected chi connectivity index (χ0v) is 11.4. The molecule has 0 bridgehead atoms. The molecule has 0 saturated carbocycles. The fourth-order valence-corrected chi connectivity index (χ4v) is 2.69. The smallest absolute Gasteiger partial charge is 0.222 e. The minimum Gasteiger partial charge on any atom is -0.338 e. The summed E-state index contributed by atoms with van der Waals surface area (Å²) < 4.78 is 0. The first-order valence-electron chi connectivity index (χ1n) is 6.56. The number of pyridine rings is 1. The summed E-state index contributed by atoms with van der Waals surface area (Å²) in [6, 6.07) is 9.91. The molecule has 0 unspecified atom stereocenters. The molecule has 0 atom stereocenters. The maximum Gasteiger partial charge on any atom is 0.222 e. The van der Waals surface area contributed by atoms with Crippen LogP contribution in [0.5, 0.6) is 0 Å². The van der Waals surface area contributed by atoms with E-state index in [0.29, 0.717) is 18.1 Å². The van der Waals surface area contributed by atoms with Gasteiger partial charge >= 0.3 is 0 Å². The molecule has 2 heterocycles. The van der Waals surface area contributed by atoms with Crippen molar-refractivity contribution in [3.8, 4) is 0 Å². The summed E-state index contributed by atoms with van der Waals surface area (Å²) >= 11 is 6.22. The zero-order chi connectivity index (χ0) is 13.2. The van der Waals surface area contributed by atoms with Gasteiger partial charge in [0.05, 0.1) is 5.52 Å². The van der Waals surface area contributed by atoms with Gasteiger partial charge in [-0.3, -0.25) is 4.79 Å². The first-order chi connectivity index (χ1) is 9.24. The summed E-state index contributed by atoms with van der Waals surface area (Å²) in [5.74, 6) is 0.218. The molecule has 0 radical (unpaired) electrons. The quantitative estimate of drug-likeness (QED) is 0.787. The number of amides is 1. The third-order valence-electron chi connectivity index (χ3n) is 3.53. The Hall–Kier alpha value is -1.61. The van der Waals surface area contributed by atoms with E-state index in [1.54, 1.807) is 0 Å². The molecule has 3 nitrogen and oxygen atoms in total. The number of benzene rings is 1. The highest BCUT2D eigenvalue weighted by atomic mass is 35.5. The van der Waals surface area contributed by atoms with Crippen LogP contribution in [0.1, 0.15) is 24.8 Å². The van der Waals surface area contributed by atoms with Gasteiger partial charge in [-0.2, -0.15) is 0 Å². The molecule has 19 heavy (non-hydrogen) atoms. The Balaban J connectivity index is 1.91. The van der Waals surface area contributed by atoms with Crippen LogP contribution in [0.15, 0.2) is 30.3 Å². The Morgan fingerprint density at radius 3 is 2.95 bits per heavy atom. The number of likely N-dealkylation sites (tertiary alicyclic amines) is 1. The van der Waals surface area contributed by atoms with Gasteiger partial charge in [0.25, 0.3) is 0 Å². The molecule has 1 saturated heterocycles. The third-order valence-corrected chi connectivity index (χ3v) is 3.86. The van der Waals surface area contributed by atoms with Crippen molar-refractivity contribution in [3.63, 3.8) is 0 Å². The Kier molecular flexibility index (Phi) is 3.38. The van der Waals surface area contributed by atoms with E-state index < -0.39 is 0 Å². The fourth-order valence-electron chi connectivity index (χ4n) is 2.48. The number of halogens is 1. The number of hydrogen-bond acceptors (Lipinski definition) is 2. The van der Waals surface area contributed by atoms with E-state index >= 15 is 0 Å². The van der Waals surface area contributed by atoms with Crippen molar-refractivity contribution in [2.75, 3.05) is 6.54 Å². The van der Waals surface area contributed by atoms with Gasteiger partial charge in [-0.25, -0.2) is 4.98 Å². The van der Waals surface area contributed by atoms with Crippen LogP contribution >= 0.6 is 11.6 Å². The molecule has 1 aliphatic rings. The number of piperidine rings is 1. The lowest BCUT2D eigenvalue weighted by atomic mass is 10.1. The number of carbonyl (C=O) groups is 1. The van der Waals surface area contributed by atoms with E-state index in [1.165, 1.54) is 0 Å². The van der Waals surface area contributed by atoms with Crippen LogP contribution in [0.3, 0.4) is 0 Å². The fraction of sp³-hybridized carbons (Fsp3) is 0.333. The number of rotatable bonds is 2. The number of fused-ring (bicyclic) bond motifs is 1. The van der Waals surface area contributed by atoms with Gasteiger partial charge in [0.2, 0.25) is 5.91 Å². The maximum atomic E-state index is 11.8. The second-order valence-electron chi connectivity index (χ2n) is 4.90. The first-order valence-corrected chi connectivity index (χ1v) is 6.94. The summed E-state index contributed by atoms with van der Waals surface area (Å²) in [6.45, 7) is 1.39. The van der Waals surface area contributed by atoms with E-state index in [4.69, 9.17) is 11.6 Å². The molecule has 4 heteroatoms. The lowest BCUT2D eigenvalue weighted by molar-refractivity contribution is -0.133. The Morgan fingerprint density at radius 1 is 1.26 bits per heavy atom. The van der Waals surface area contributed by atoms with E-state index in [0.717, 1.165) is 35.9 Å². The average Bonchev–Trinajstić information content (AvgIpc) is 2.42.